The molecule has 0 aromatic heterocycles. The van der Waals surface area contributed by atoms with Gasteiger partial charge in [-0.15, -0.1) is 0 Å². The van der Waals surface area contributed by atoms with Gasteiger partial charge in [0.15, 0.2) is 0 Å². The van der Waals surface area contributed by atoms with Crippen LogP contribution in [-0.2, 0) is 5.41 Å². The first kappa shape index (κ1) is 16.8. The van der Waals surface area contributed by atoms with Crippen LogP contribution in [0.1, 0.15) is 55.2 Å². The first-order chi connectivity index (χ1) is 10.3. The van der Waals surface area contributed by atoms with Crippen LogP contribution < -0.4 is 5.32 Å². The molecule has 0 aliphatic heterocycles. The zero-order valence-corrected chi connectivity index (χ0v) is 15.1. The molecule has 1 N–H and O–H groups in total. The molecule has 2 nitrogen and oxygen atoms in total. The van der Waals surface area contributed by atoms with Gasteiger partial charge in [0.2, 0.25) is 0 Å². The van der Waals surface area contributed by atoms with Gasteiger partial charge < -0.3 is 5.32 Å². The van der Waals surface area contributed by atoms with Gasteiger partial charge >= 0.3 is 0 Å². The summed E-state index contributed by atoms with van der Waals surface area (Å²) in [5.41, 5.74) is 3.19. The predicted molar refractivity (Wildman–Crippen MR) is 95.2 cm³/mol. The molecule has 0 saturated heterocycles. The van der Waals surface area contributed by atoms with Gasteiger partial charge in [-0.05, 0) is 51.5 Å². The molecule has 0 aliphatic rings. The molecule has 2 rings (SSSR count). The molecule has 0 heterocycles. The van der Waals surface area contributed by atoms with E-state index in [1.165, 1.54) is 5.56 Å². The summed E-state index contributed by atoms with van der Waals surface area (Å²) < 4.78 is 0.808. The van der Waals surface area contributed by atoms with Crippen molar-refractivity contribution < 1.29 is 4.79 Å². The summed E-state index contributed by atoms with van der Waals surface area (Å²) in [6.07, 6.45) is 0. The van der Waals surface area contributed by atoms with Gasteiger partial charge in [0.25, 0.3) is 5.91 Å². The Kier molecular flexibility index (Phi) is 5.07. The zero-order valence-electron chi connectivity index (χ0n) is 13.5. The Bertz CT molecular complexity index is 656. The van der Waals surface area contributed by atoms with E-state index < -0.39 is 0 Å². The number of amides is 1. The number of rotatable bonds is 3. The normalized spacial score (nSPS) is 12.8. The fourth-order valence-corrected chi connectivity index (χ4v) is 2.74. The molecule has 22 heavy (non-hydrogen) atoms. The third kappa shape index (κ3) is 3.98. The minimum Gasteiger partial charge on any atom is -0.345 e. The first-order valence-electron chi connectivity index (χ1n) is 7.45. The van der Waals surface area contributed by atoms with E-state index in [1.807, 2.05) is 31.2 Å². The predicted octanol–water partition coefficient (Wildman–Crippen LogP) is 5.24. The lowest BCUT2D eigenvalue weighted by Gasteiger charge is -2.21. The van der Waals surface area contributed by atoms with Crippen LogP contribution in [0.2, 0.25) is 0 Å². The fourth-order valence-electron chi connectivity index (χ4n) is 2.27. The van der Waals surface area contributed by atoms with Crippen molar-refractivity contribution in [2.24, 2.45) is 0 Å². The van der Waals surface area contributed by atoms with Crippen LogP contribution in [0.25, 0.3) is 0 Å². The topological polar surface area (TPSA) is 29.1 Å². The second kappa shape index (κ2) is 6.66. The number of carbonyl (C=O) groups excluding carboxylic acids is 1. The maximum Gasteiger partial charge on any atom is 0.252 e. The van der Waals surface area contributed by atoms with Crippen LogP contribution in [-0.4, -0.2) is 5.91 Å². The van der Waals surface area contributed by atoms with Crippen molar-refractivity contribution in [3.63, 3.8) is 0 Å². The van der Waals surface area contributed by atoms with Gasteiger partial charge in [-0.25, -0.2) is 0 Å². The van der Waals surface area contributed by atoms with Crippen molar-refractivity contribution in [3.05, 3.63) is 69.7 Å². The highest BCUT2D eigenvalue weighted by Gasteiger charge is 2.16. The van der Waals surface area contributed by atoms with Crippen LogP contribution in [0, 0.1) is 0 Å². The van der Waals surface area contributed by atoms with E-state index in [0.717, 1.165) is 10.0 Å². The average molecular weight is 360 g/mol. The molecular formula is C19H22BrNO. The lowest BCUT2D eigenvalue weighted by atomic mass is 9.86. The summed E-state index contributed by atoms with van der Waals surface area (Å²) in [5.74, 6) is -0.0696. The molecule has 3 heteroatoms. The molecule has 1 atom stereocenters. The third-order valence-electron chi connectivity index (χ3n) is 3.74. The Labute approximate surface area is 141 Å². The molecule has 2 aromatic rings. The number of hydrogen-bond acceptors (Lipinski definition) is 1. The molecule has 0 radical (unpaired) electrons. The van der Waals surface area contributed by atoms with E-state index >= 15 is 0 Å². The van der Waals surface area contributed by atoms with E-state index in [2.05, 4.69) is 66.3 Å². The largest absolute Gasteiger partial charge is 0.345 e. The van der Waals surface area contributed by atoms with Gasteiger partial charge in [-0.2, -0.15) is 0 Å². The molecule has 0 spiro atoms. The number of halogens is 1. The van der Waals surface area contributed by atoms with Crippen molar-refractivity contribution in [2.45, 2.75) is 39.2 Å². The smallest absolute Gasteiger partial charge is 0.252 e. The molecule has 0 fully saturated rings. The van der Waals surface area contributed by atoms with Crippen molar-refractivity contribution >= 4 is 21.8 Å². The summed E-state index contributed by atoms with van der Waals surface area (Å²) in [4.78, 5) is 12.3. The Morgan fingerprint density at radius 3 is 2.18 bits per heavy atom. The van der Waals surface area contributed by atoms with Gasteiger partial charge in [0.05, 0.1) is 11.6 Å². The number of hydrogen-bond donors (Lipinski definition) is 1. The third-order valence-corrected chi connectivity index (χ3v) is 4.43. The van der Waals surface area contributed by atoms with Crippen molar-refractivity contribution in [1.29, 1.82) is 0 Å². The summed E-state index contributed by atoms with van der Waals surface area (Å²) >= 11 is 3.41. The van der Waals surface area contributed by atoms with Gasteiger partial charge in [0.1, 0.15) is 0 Å². The number of benzene rings is 2. The second-order valence-electron chi connectivity index (χ2n) is 6.55. The molecule has 1 unspecified atom stereocenters. The molecule has 2 aromatic carbocycles. The van der Waals surface area contributed by atoms with E-state index in [0.29, 0.717) is 5.56 Å². The van der Waals surface area contributed by atoms with E-state index in [4.69, 9.17) is 0 Å². The molecule has 116 valence electrons. The zero-order chi connectivity index (χ0) is 16.3. The summed E-state index contributed by atoms with van der Waals surface area (Å²) in [5, 5.41) is 3.04. The molecule has 0 bridgehead atoms. The van der Waals surface area contributed by atoms with E-state index in [-0.39, 0.29) is 17.4 Å². The Hall–Kier alpha value is -1.61. The number of nitrogens with one attached hydrogen (secondary N) is 1. The number of carbonyl (C=O) groups is 1. The molecule has 0 aliphatic carbocycles. The lowest BCUT2D eigenvalue weighted by molar-refractivity contribution is 0.0939. The van der Waals surface area contributed by atoms with Crippen LogP contribution in [0.3, 0.4) is 0 Å². The van der Waals surface area contributed by atoms with Crippen molar-refractivity contribution in [3.8, 4) is 0 Å². The van der Waals surface area contributed by atoms with Crippen molar-refractivity contribution in [1.82, 2.24) is 5.32 Å². The minimum absolute atomic E-state index is 0.0337. The standard InChI is InChI=1S/C19H22BrNO/c1-13(14-9-11-15(12-10-14)19(2,3)4)21-18(22)16-7-5-6-8-17(16)20/h5-13H,1-4H3,(H,21,22). The second-order valence-corrected chi connectivity index (χ2v) is 7.40. The Morgan fingerprint density at radius 2 is 1.64 bits per heavy atom. The maximum absolute atomic E-state index is 12.3. The van der Waals surface area contributed by atoms with Crippen LogP contribution in [0.5, 0.6) is 0 Å². The van der Waals surface area contributed by atoms with Gasteiger partial charge in [-0.1, -0.05) is 57.2 Å². The monoisotopic (exact) mass is 359 g/mol. The van der Waals surface area contributed by atoms with E-state index in [9.17, 15) is 4.79 Å². The summed E-state index contributed by atoms with van der Waals surface area (Å²) in [6.45, 7) is 8.58. The van der Waals surface area contributed by atoms with Gasteiger partial charge in [0, 0.05) is 4.47 Å². The first-order valence-corrected chi connectivity index (χ1v) is 8.24. The van der Waals surface area contributed by atoms with Crippen molar-refractivity contribution in [2.75, 3.05) is 0 Å². The summed E-state index contributed by atoms with van der Waals surface area (Å²) in [7, 11) is 0. The fraction of sp³-hybridized carbons (Fsp3) is 0.316. The Balaban J connectivity index is 2.11. The Morgan fingerprint density at radius 1 is 1.05 bits per heavy atom. The summed E-state index contributed by atoms with van der Waals surface area (Å²) in [6, 6.07) is 15.9. The molecular weight excluding hydrogens is 338 g/mol. The SMILES string of the molecule is CC(NC(=O)c1ccccc1Br)c1ccc(C(C)(C)C)cc1. The van der Waals surface area contributed by atoms with Crippen LogP contribution >= 0.6 is 15.9 Å². The quantitative estimate of drug-likeness (QED) is 0.797. The average Bonchev–Trinajstić information content (AvgIpc) is 2.46. The highest BCUT2D eigenvalue weighted by molar-refractivity contribution is 9.10. The molecule has 0 saturated carbocycles. The van der Waals surface area contributed by atoms with Crippen LogP contribution in [0.4, 0.5) is 0 Å². The highest BCUT2D eigenvalue weighted by Crippen LogP contribution is 2.24. The lowest BCUT2D eigenvalue weighted by Crippen LogP contribution is -2.27. The maximum atomic E-state index is 12.3. The molecule has 1 amide bonds. The minimum atomic E-state index is -0.0696. The van der Waals surface area contributed by atoms with Crippen LogP contribution in [0.15, 0.2) is 53.0 Å². The van der Waals surface area contributed by atoms with E-state index in [1.54, 1.807) is 0 Å². The van der Waals surface area contributed by atoms with Gasteiger partial charge in [-0.3, -0.25) is 4.79 Å². The highest BCUT2D eigenvalue weighted by atomic mass is 79.9.